The number of anilines is 2. The predicted octanol–water partition coefficient (Wildman–Crippen LogP) is 4.56. The van der Waals surface area contributed by atoms with Crippen LogP contribution in [0.4, 0.5) is 16.2 Å². The minimum absolute atomic E-state index is 0.0284. The van der Waals surface area contributed by atoms with E-state index in [0.717, 1.165) is 29.2 Å². The van der Waals surface area contributed by atoms with E-state index >= 15 is 0 Å². The summed E-state index contributed by atoms with van der Waals surface area (Å²) in [7, 11) is 0. The molecule has 1 saturated heterocycles. The molecule has 158 valence electrons. The smallest absolute Gasteiger partial charge is 0.324 e. The Bertz CT molecular complexity index is 1100. The summed E-state index contributed by atoms with van der Waals surface area (Å²) >= 11 is 1.40. The van der Waals surface area contributed by atoms with Crippen LogP contribution in [0.25, 0.3) is 0 Å². The van der Waals surface area contributed by atoms with Crippen molar-refractivity contribution in [1.29, 1.82) is 0 Å². The highest BCUT2D eigenvalue weighted by atomic mass is 32.1. The lowest BCUT2D eigenvalue weighted by Crippen LogP contribution is -2.49. The first-order chi connectivity index (χ1) is 15.2. The average molecular weight is 436 g/mol. The highest BCUT2D eigenvalue weighted by Gasteiger charge is 2.27. The number of hydrogen-bond donors (Lipinski definition) is 1. The van der Waals surface area contributed by atoms with Gasteiger partial charge < -0.3 is 19.7 Å². The van der Waals surface area contributed by atoms with Gasteiger partial charge in [-0.25, -0.2) is 4.79 Å². The van der Waals surface area contributed by atoms with E-state index in [9.17, 15) is 9.59 Å². The van der Waals surface area contributed by atoms with Crippen LogP contribution in [-0.4, -0.2) is 36.7 Å². The number of amides is 3. The second-order valence-electron chi connectivity index (χ2n) is 7.38. The van der Waals surface area contributed by atoms with Gasteiger partial charge in [0.1, 0.15) is 0 Å². The van der Waals surface area contributed by atoms with Crippen LogP contribution < -0.4 is 19.7 Å². The van der Waals surface area contributed by atoms with Gasteiger partial charge >= 0.3 is 6.03 Å². The number of benzene rings is 2. The maximum absolute atomic E-state index is 13.1. The Morgan fingerprint density at radius 2 is 1.87 bits per heavy atom. The van der Waals surface area contributed by atoms with Crippen LogP contribution in [0.1, 0.15) is 21.7 Å². The molecule has 0 aliphatic carbocycles. The molecule has 0 unspecified atom stereocenters. The third-order valence-electron chi connectivity index (χ3n) is 5.30. The van der Waals surface area contributed by atoms with Gasteiger partial charge in [-0.1, -0.05) is 12.1 Å². The molecule has 1 aromatic heterocycles. The first kappa shape index (κ1) is 19.4. The topological polar surface area (TPSA) is 71.1 Å². The van der Waals surface area contributed by atoms with E-state index in [4.69, 9.17) is 9.47 Å². The zero-order valence-corrected chi connectivity index (χ0v) is 17.6. The Hall–Kier alpha value is -3.52. The van der Waals surface area contributed by atoms with E-state index in [0.29, 0.717) is 30.2 Å². The molecule has 2 aliphatic heterocycles. The molecule has 1 N–H and O–H groups in total. The third-order valence-corrected chi connectivity index (χ3v) is 6.17. The first-order valence-electron chi connectivity index (χ1n) is 10.1. The summed E-state index contributed by atoms with van der Waals surface area (Å²) in [6.45, 7) is 2.12. The molecule has 7 nitrogen and oxygen atoms in total. The lowest BCUT2D eigenvalue weighted by atomic mass is 10.1. The van der Waals surface area contributed by atoms with Crippen molar-refractivity contribution in [2.45, 2.75) is 13.0 Å². The van der Waals surface area contributed by atoms with Gasteiger partial charge in [-0.05, 0) is 59.8 Å². The molecule has 0 bridgehead atoms. The fourth-order valence-corrected chi connectivity index (χ4v) is 4.37. The number of carbonyl (C=O) groups is 2. The zero-order chi connectivity index (χ0) is 21.2. The number of nitrogens with zero attached hydrogens (tertiary/aromatic N) is 2. The van der Waals surface area contributed by atoms with Gasteiger partial charge in [-0.3, -0.25) is 9.69 Å². The highest BCUT2D eigenvalue weighted by Crippen LogP contribution is 2.33. The van der Waals surface area contributed by atoms with Crippen molar-refractivity contribution in [1.82, 2.24) is 4.90 Å². The van der Waals surface area contributed by atoms with Crippen molar-refractivity contribution in [3.05, 3.63) is 70.4 Å². The van der Waals surface area contributed by atoms with Crippen LogP contribution in [0.5, 0.6) is 11.5 Å². The van der Waals surface area contributed by atoms with E-state index in [1.807, 2.05) is 58.8 Å². The summed E-state index contributed by atoms with van der Waals surface area (Å²) in [6.07, 6.45) is 0.882. The molecule has 2 aliphatic rings. The summed E-state index contributed by atoms with van der Waals surface area (Å²) in [6, 6.07) is 16.8. The van der Waals surface area contributed by atoms with Crippen LogP contribution in [0, 0.1) is 0 Å². The van der Waals surface area contributed by atoms with Crippen LogP contribution in [0.2, 0.25) is 0 Å². The third kappa shape index (κ3) is 4.06. The number of hydrogen-bond acceptors (Lipinski definition) is 5. The van der Waals surface area contributed by atoms with E-state index < -0.39 is 0 Å². The number of ether oxygens (including phenoxy) is 2. The lowest BCUT2D eigenvalue weighted by Gasteiger charge is -2.35. The van der Waals surface area contributed by atoms with Gasteiger partial charge in [0.05, 0.1) is 4.88 Å². The number of urea groups is 1. The van der Waals surface area contributed by atoms with Gasteiger partial charge in [0.2, 0.25) is 6.79 Å². The summed E-state index contributed by atoms with van der Waals surface area (Å²) in [5, 5.41) is 4.75. The Morgan fingerprint density at radius 3 is 2.68 bits per heavy atom. The molecule has 31 heavy (non-hydrogen) atoms. The average Bonchev–Trinajstić information content (AvgIpc) is 3.48. The molecule has 5 rings (SSSR count). The molecule has 3 aromatic rings. The minimum Gasteiger partial charge on any atom is -0.454 e. The van der Waals surface area contributed by atoms with E-state index in [-0.39, 0.29) is 18.7 Å². The molecule has 0 spiro atoms. The van der Waals surface area contributed by atoms with Crippen LogP contribution in [0.3, 0.4) is 0 Å². The van der Waals surface area contributed by atoms with Gasteiger partial charge in [0.25, 0.3) is 5.91 Å². The van der Waals surface area contributed by atoms with Gasteiger partial charge in [-0.15, -0.1) is 11.3 Å². The molecule has 3 heterocycles. The Labute approximate surface area is 183 Å². The highest BCUT2D eigenvalue weighted by molar-refractivity contribution is 7.12. The SMILES string of the molecule is O=C(Nc1ccc(N2CCCN(Cc3ccc4c(c3)OCO4)C2=O)cc1)c1cccs1. The van der Waals surface area contributed by atoms with Crippen molar-refractivity contribution in [2.75, 3.05) is 30.1 Å². The Balaban J connectivity index is 1.25. The molecule has 2 aromatic carbocycles. The molecule has 8 heteroatoms. The van der Waals surface area contributed by atoms with Crippen molar-refractivity contribution in [3.63, 3.8) is 0 Å². The minimum atomic E-state index is -0.133. The van der Waals surface area contributed by atoms with Crippen molar-refractivity contribution >= 4 is 34.6 Å². The lowest BCUT2D eigenvalue weighted by molar-refractivity contribution is 0.103. The second-order valence-corrected chi connectivity index (χ2v) is 8.32. The van der Waals surface area contributed by atoms with Gasteiger partial charge in [-0.2, -0.15) is 0 Å². The standard InChI is InChI=1S/C23H21N3O4S/c27-22(21-3-1-12-31-21)24-17-5-7-18(8-6-17)26-11-2-10-25(23(26)28)14-16-4-9-19-20(13-16)30-15-29-19/h1,3-9,12-13H,2,10-11,14-15H2,(H,24,27). The van der Waals surface area contributed by atoms with Gasteiger partial charge in [0, 0.05) is 31.0 Å². The quantitative estimate of drug-likeness (QED) is 0.638. The van der Waals surface area contributed by atoms with E-state index in [1.54, 1.807) is 11.0 Å². The first-order valence-corrected chi connectivity index (χ1v) is 11.0. The van der Waals surface area contributed by atoms with E-state index in [1.165, 1.54) is 11.3 Å². The Morgan fingerprint density at radius 1 is 1.03 bits per heavy atom. The van der Waals surface area contributed by atoms with Crippen LogP contribution >= 0.6 is 11.3 Å². The largest absolute Gasteiger partial charge is 0.454 e. The summed E-state index contributed by atoms with van der Waals surface area (Å²) in [4.78, 5) is 29.6. The predicted molar refractivity (Wildman–Crippen MR) is 119 cm³/mol. The fraction of sp³-hybridized carbons (Fsp3) is 0.217. The Kier molecular flexibility index (Phi) is 5.21. The molecular weight excluding hydrogens is 414 g/mol. The molecule has 3 amide bonds. The van der Waals surface area contributed by atoms with Crippen LogP contribution in [-0.2, 0) is 6.54 Å². The molecule has 0 saturated carbocycles. The molecular formula is C23H21N3O4S. The monoisotopic (exact) mass is 435 g/mol. The molecule has 0 radical (unpaired) electrons. The van der Waals surface area contributed by atoms with Crippen LogP contribution in [0.15, 0.2) is 60.0 Å². The maximum atomic E-state index is 13.1. The number of thiophene rings is 1. The van der Waals surface area contributed by atoms with Gasteiger partial charge in [0.15, 0.2) is 11.5 Å². The number of rotatable bonds is 5. The normalized spacial score (nSPS) is 15.3. The fourth-order valence-electron chi connectivity index (χ4n) is 3.75. The van der Waals surface area contributed by atoms with Crippen molar-refractivity contribution in [3.8, 4) is 11.5 Å². The molecule has 0 atom stereocenters. The number of fused-ring (bicyclic) bond motifs is 1. The maximum Gasteiger partial charge on any atom is 0.324 e. The summed E-state index contributed by atoms with van der Waals surface area (Å²) in [5.41, 5.74) is 2.52. The second kappa shape index (κ2) is 8.31. The molecule has 1 fully saturated rings. The number of nitrogens with one attached hydrogen (secondary N) is 1. The van der Waals surface area contributed by atoms with Crippen molar-refractivity contribution < 1.29 is 19.1 Å². The van der Waals surface area contributed by atoms with Crippen molar-refractivity contribution in [2.24, 2.45) is 0 Å². The number of carbonyl (C=O) groups excluding carboxylic acids is 2. The summed E-state index contributed by atoms with van der Waals surface area (Å²) < 4.78 is 10.8. The summed E-state index contributed by atoms with van der Waals surface area (Å²) in [5.74, 6) is 1.33. The zero-order valence-electron chi connectivity index (χ0n) is 16.7. The van der Waals surface area contributed by atoms with E-state index in [2.05, 4.69) is 5.32 Å².